The number of nitrogens with zero attached hydrogens (tertiary/aromatic N) is 1. The van der Waals surface area contributed by atoms with E-state index in [2.05, 4.69) is 15.9 Å². The van der Waals surface area contributed by atoms with E-state index in [0.717, 1.165) is 6.07 Å². The Morgan fingerprint density at radius 1 is 1.36 bits per heavy atom. The van der Waals surface area contributed by atoms with E-state index in [4.69, 9.17) is 10.4 Å². The molecule has 1 aromatic rings. The fourth-order valence-electron chi connectivity index (χ4n) is 0.889. The van der Waals surface area contributed by atoms with Gasteiger partial charge in [0.05, 0.1) is 21.7 Å². The van der Waals surface area contributed by atoms with E-state index in [1.807, 2.05) is 0 Å². The largest absolute Gasteiger partial charge is 0.507 e. The van der Waals surface area contributed by atoms with Crippen LogP contribution in [0.25, 0.3) is 0 Å². The highest BCUT2D eigenvalue weighted by Gasteiger charge is 2.34. The molecule has 0 radical (unpaired) electrons. The number of phenolic OH excluding ortho intramolecular Hbond substituents is 1. The van der Waals surface area contributed by atoms with Crippen molar-refractivity contribution in [3.05, 3.63) is 27.7 Å². The first-order valence-corrected chi connectivity index (χ1v) is 4.15. The second-order valence-corrected chi connectivity index (χ2v) is 3.31. The van der Waals surface area contributed by atoms with E-state index in [0.29, 0.717) is 6.07 Å². The first-order valence-electron chi connectivity index (χ1n) is 3.36. The van der Waals surface area contributed by atoms with Gasteiger partial charge in [-0.3, -0.25) is 0 Å². The standard InChI is InChI=1S/C8H3BrF3NO/c9-6-1-4(3-13)5(2-7(6)14)8(10,11)12/h1-2,14H. The van der Waals surface area contributed by atoms with Crippen LogP contribution >= 0.6 is 15.9 Å². The molecule has 0 heterocycles. The predicted molar refractivity (Wildman–Crippen MR) is 45.5 cm³/mol. The summed E-state index contributed by atoms with van der Waals surface area (Å²) in [5.41, 5.74) is -1.66. The number of benzene rings is 1. The monoisotopic (exact) mass is 265 g/mol. The number of phenols is 1. The Balaban J connectivity index is 3.45. The maximum absolute atomic E-state index is 12.3. The Morgan fingerprint density at radius 3 is 2.36 bits per heavy atom. The van der Waals surface area contributed by atoms with Crippen LogP contribution in [0.2, 0.25) is 0 Å². The summed E-state index contributed by atoms with van der Waals surface area (Å²) in [6.07, 6.45) is -4.64. The second kappa shape index (κ2) is 3.50. The Kier molecular flexibility index (Phi) is 2.71. The van der Waals surface area contributed by atoms with Gasteiger partial charge in [-0.2, -0.15) is 18.4 Å². The van der Waals surface area contributed by atoms with Crippen LogP contribution in [0.15, 0.2) is 16.6 Å². The van der Waals surface area contributed by atoms with Crippen LogP contribution in [0, 0.1) is 11.3 Å². The minimum Gasteiger partial charge on any atom is -0.507 e. The summed E-state index contributed by atoms with van der Waals surface area (Å²) in [5.74, 6) is -0.545. The summed E-state index contributed by atoms with van der Waals surface area (Å²) in [5, 5.41) is 17.5. The summed E-state index contributed by atoms with van der Waals surface area (Å²) in [7, 11) is 0. The van der Waals surface area contributed by atoms with Crippen LogP contribution in [0.3, 0.4) is 0 Å². The van der Waals surface area contributed by atoms with Gasteiger partial charge in [-0.25, -0.2) is 0 Å². The first kappa shape index (κ1) is 10.9. The molecule has 6 heteroatoms. The molecule has 14 heavy (non-hydrogen) atoms. The number of aromatic hydroxyl groups is 1. The maximum atomic E-state index is 12.3. The summed E-state index contributed by atoms with van der Waals surface area (Å²) >= 11 is 2.82. The zero-order chi connectivity index (χ0) is 10.9. The van der Waals surface area contributed by atoms with E-state index in [9.17, 15) is 13.2 Å². The third-order valence-corrected chi connectivity index (χ3v) is 2.15. The van der Waals surface area contributed by atoms with Crippen molar-refractivity contribution >= 4 is 15.9 Å². The highest BCUT2D eigenvalue weighted by Crippen LogP contribution is 2.37. The van der Waals surface area contributed by atoms with Crippen molar-refractivity contribution in [1.82, 2.24) is 0 Å². The molecule has 1 rings (SSSR count). The Hall–Kier alpha value is -1.22. The van der Waals surface area contributed by atoms with Gasteiger partial charge in [0.25, 0.3) is 0 Å². The van der Waals surface area contributed by atoms with Crippen molar-refractivity contribution in [1.29, 1.82) is 5.26 Å². The van der Waals surface area contributed by atoms with Crippen LogP contribution in [0.4, 0.5) is 13.2 Å². The molecule has 0 aliphatic rings. The highest BCUT2D eigenvalue weighted by molar-refractivity contribution is 9.10. The fourth-order valence-corrected chi connectivity index (χ4v) is 1.23. The molecular formula is C8H3BrF3NO. The minimum absolute atomic E-state index is 0.0575. The topological polar surface area (TPSA) is 44.0 Å². The Labute approximate surface area is 85.7 Å². The third kappa shape index (κ3) is 1.99. The lowest BCUT2D eigenvalue weighted by Gasteiger charge is -2.09. The van der Waals surface area contributed by atoms with Crippen LogP contribution < -0.4 is 0 Å². The molecule has 0 amide bonds. The zero-order valence-corrected chi connectivity index (χ0v) is 8.15. The van der Waals surface area contributed by atoms with Crippen LogP contribution in [0.5, 0.6) is 5.75 Å². The molecule has 0 spiro atoms. The lowest BCUT2D eigenvalue weighted by molar-refractivity contribution is -0.137. The molecule has 0 saturated carbocycles. The fraction of sp³-hybridized carbons (Fsp3) is 0.125. The van der Waals surface area contributed by atoms with Crippen molar-refractivity contribution in [2.24, 2.45) is 0 Å². The highest BCUT2D eigenvalue weighted by atomic mass is 79.9. The van der Waals surface area contributed by atoms with Gasteiger partial charge in [-0.05, 0) is 28.1 Å². The number of halogens is 4. The molecule has 1 N–H and O–H groups in total. The molecule has 2 nitrogen and oxygen atoms in total. The molecule has 0 fully saturated rings. The van der Waals surface area contributed by atoms with Crippen molar-refractivity contribution in [3.8, 4) is 11.8 Å². The smallest absolute Gasteiger partial charge is 0.417 e. The Morgan fingerprint density at radius 2 is 1.93 bits per heavy atom. The number of hydrogen-bond donors (Lipinski definition) is 1. The number of alkyl halides is 3. The maximum Gasteiger partial charge on any atom is 0.417 e. The van der Waals surface area contributed by atoms with E-state index < -0.39 is 23.1 Å². The average molecular weight is 266 g/mol. The van der Waals surface area contributed by atoms with Gasteiger partial charge in [0.1, 0.15) is 5.75 Å². The van der Waals surface area contributed by atoms with Crippen LogP contribution in [-0.2, 0) is 6.18 Å². The van der Waals surface area contributed by atoms with Gasteiger partial charge in [0.15, 0.2) is 0 Å². The molecule has 0 atom stereocenters. The van der Waals surface area contributed by atoms with Gasteiger partial charge in [-0.15, -0.1) is 0 Å². The third-order valence-electron chi connectivity index (χ3n) is 1.51. The molecule has 0 aromatic heterocycles. The summed E-state index contributed by atoms with van der Waals surface area (Å²) in [6, 6.07) is 2.85. The van der Waals surface area contributed by atoms with E-state index >= 15 is 0 Å². The SMILES string of the molecule is N#Cc1cc(Br)c(O)cc1C(F)(F)F. The van der Waals surface area contributed by atoms with Crippen LogP contribution in [0.1, 0.15) is 11.1 Å². The van der Waals surface area contributed by atoms with E-state index in [1.54, 1.807) is 0 Å². The lowest BCUT2D eigenvalue weighted by Crippen LogP contribution is -2.07. The van der Waals surface area contributed by atoms with Crippen molar-refractivity contribution in [2.75, 3.05) is 0 Å². The first-order chi connectivity index (χ1) is 6.36. The quantitative estimate of drug-likeness (QED) is 0.784. The van der Waals surface area contributed by atoms with Crippen molar-refractivity contribution in [2.45, 2.75) is 6.18 Å². The second-order valence-electron chi connectivity index (χ2n) is 2.46. The molecule has 0 bridgehead atoms. The molecule has 0 aliphatic heterocycles. The molecule has 74 valence electrons. The Bertz CT molecular complexity index is 408. The van der Waals surface area contributed by atoms with Gasteiger partial charge in [0.2, 0.25) is 0 Å². The van der Waals surface area contributed by atoms with Gasteiger partial charge in [0, 0.05) is 0 Å². The van der Waals surface area contributed by atoms with Crippen molar-refractivity contribution in [3.63, 3.8) is 0 Å². The molecule has 1 aromatic carbocycles. The number of hydrogen-bond acceptors (Lipinski definition) is 2. The predicted octanol–water partition coefficient (Wildman–Crippen LogP) is 3.05. The average Bonchev–Trinajstić information content (AvgIpc) is 2.07. The van der Waals surface area contributed by atoms with Crippen molar-refractivity contribution < 1.29 is 18.3 Å². The molecule has 0 unspecified atom stereocenters. The molecule has 0 saturated heterocycles. The van der Waals surface area contributed by atoms with Gasteiger partial charge >= 0.3 is 6.18 Å². The summed E-state index contributed by atoms with van der Waals surface area (Å²) in [6.45, 7) is 0. The lowest BCUT2D eigenvalue weighted by atomic mass is 10.1. The van der Waals surface area contributed by atoms with Gasteiger partial charge < -0.3 is 5.11 Å². The van der Waals surface area contributed by atoms with Crippen LogP contribution in [-0.4, -0.2) is 5.11 Å². The number of rotatable bonds is 0. The molecule has 0 aliphatic carbocycles. The van der Waals surface area contributed by atoms with E-state index in [1.165, 1.54) is 6.07 Å². The minimum atomic E-state index is -4.64. The number of nitriles is 1. The molecular weight excluding hydrogens is 263 g/mol. The zero-order valence-electron chi connectivity index (χ0n) is 6.56. The van der Waals surface area contributed by atoms with Gasteiger partial charge in [-0.1, -0.05) is 0 Å². The normalized spacial score (nSPS) is 11.1. The van der Waals surface area contributed by atoms with E-state index in [-0.39, 0.29) is 4.47 Å². The summed E-state index contributed by atoms with van der Waals surface area (Å²) < 4.78 is 36.9. The summed E-state index contributed by atoms with van der Waals surface area (Å²) in [4.78, 5) is 0.